The van der Waals surface area contributed by atoms with E-state index in [9.17, 15) is 4.79 Å². The molecule has 0 bridgehead atoms. The Bertz CT molecular complexity index is 329. The first-order valence-corrected chi connectivity index (χ1v) is 7.34. The Hall–Kier alpha value is -0.830. The van der Waals surface area contributed by atoms with E-state index in [0.717, 1.165) is 43.5 Å². The van der Waals surface area contributed by atoms with Crippen molar-refractivity contribution in [2.24, 2.45) is 11.8 Å². The second-order valence-electron chi connectivity index (χ2n) is 6.01. The van der Waals surface area contributed by atoms with Crippen molar-refractivity contribution >= 4 is 5.91 Å². The van der Waals surface area contributed by atoms with Crippen molar-refractivity contribution in [3.63, 3.8) is 0 Å². The largest absolute Gasteiger partial charge is 0.352 e. The summed E-state index contributed by atoms with van der Waals surface area (Å²) in [6.07, 6.45) is 6.61. The molecule has 2 aliphatic rings. The summed E-state index contributed by atoms with van der Waals surface area (Å²) in [7, 11) is 0. The summed E-state index contributed by atoms with van der Waals surface area (Å²) in [5.41, 5.74) is 2.18. The molecule has 2 rings (SSSR count). The molecule has 18 heavy (non-hydrogen) atoms. The number of hydrogen-bond donors (Lipinski definition) is 2. The van der Waals surface area contributed by atoms with Crippen molar-refractivity contribution < 1.29 is 4.79 Å². The van der Waals surface area contributed by atoms with Crippen LogP contribution in [0, 0.1) is 11.8 Å². The van der Waals surface area contributed by atoms with E-state index in [2.05, 4.69) is 17.6 Å². The lowest BCUT2D eigenvalue weighted by Crippen LogP contribution is -2.38. The van der Waals surface area contributed by atoms with Crippen LogP contribution in [-0.4, -0.2) is 25.5 Å². The van der Waals surface area contributed by atoms with E-state index >= 15 is 0 Å². The minimum Gasteiger partial charge on any atom is -0.352 e. The molecule has 102 valence electrons. The molecule has 2 atom stereocenters. The Morgan fingerprint density at radius 1 is 1.39 bits per heavy atom. The standard InChI is InChI=1S/C15H26N2O/c1-11-4-3-5-13(8-11)6-7-17-15(18)12(2)14-9-16-10-14/h11,13,16H,3-10H2,1-2H3,(H,17,18). The Morgan fingerprint density at radius 3 is 2.78 bits per heavy atom. The zero-order valence-electron chi connectivity index (χ0n) is 11.7. The van der Waals surface area contributed by atoms with Crippen molar-refractivity contribution in [1.82, 2.24) is 10.6 Å². The van der Waals surface area contributed by atoms with Crippen molar-refractivity contribution in [2.45, 2.75) is 46.0 Å². The first kappa shape index (κ1) is 13.6. The van der Waals surface area contributed by atoms with Gasteiger partial charge in [-0.25, -0.2) is 0 Å². The Labute approximate surface area is 110 Å². The number of nitrogens with one attached hydrogen (secondary N) is 2. The van der Waals surface area contributed by atoms with Gasteiger partial charge in [0.25, 0.3) is 0 Å². The van der Waals surface area contributed by atoms with E-state index in [-0.39, 0.29) is 5.91 Å². The van der Waals surface area contributed by atoms with Gasteiger partial charge in [-0.05, 0) is 37.2 Å². The number of amides is 1. The number of carbonyl (C=O) groups excluding carboxylic acids is 1. The lowest BCUT2D eigenvalue weighted by atomic mass is 9.81. The average Bonchev–Trinajstić information content (AvgIpc) is 2.26. The van der Waals surface area contributed by atoms with Gasteiger partial charge < -0.3 is 10.6 Å². The fourth-order valence-electron chi connectivity index (χ4n) is 3.02. The van der Waals surface area contributed by atoms with Gasteiger partial charge in [0, 0.05) is 25.2 Å². The second-order valence-corrected chi connectivity index (χ2v) is 6.01. The summed E-state index contributed by atoms with van der Waals surface area (Å²) in [6, 6.07) is 0. The van der Waals surface area contributed by atoms with Crippen LogP contribution in [0.15, 0.2) is 11.1 Å². The first-order chi connectivity index (χ1) is 8.66. The van der Waals surface area contributed by atoms with Gasteiger partial charge in [0.15, 0.2) is 0 Å². The molecule has 2 unspecified atom stereocenters. The molecule has 1 heterocycles. The van der Waals surface area contributed by atoms with Gasteiger partial charge in [0.05, 0.1) is 0 Å². The molecule has 1 saturated carbocycles. The molecule has 1 aliphatic carbocycles. The highest BCUT2D eigenvalue weighted by Crippen LogP contribution is 2.30. The van der Waals surface area contributed by atoms with Crippen LogP contribution in [0.2, 0.25) is 0 Å². The fourth-order valence-corrected chi connectivity index (χ4v) is 3.02. The number of carbonyl (C=O) groups is 1. The van der Waals surface area contributed by atoms with Crippen molar-refractivity contribution in [1.29, 1.82) is 0 Å². The van der Waals surface area contributed by atoms with E-state index in [1.54, 1.807) is 0 Å². The molecule has 1 aliphatic heterocycles. The van der Waals surface area contributed by atoms with Gasteiger partial charge >= 0.3 is 0 Å². The topological polar surface area (TPSA) is 41.1 Å². The van der Waals surface area contributed by atoms with Crippen LogP contribution in [0.4, 0.5) is 0 Å². The smallest absolute Gasteiger partial charge is 0.246 e. The first-order valence-electron chi connectivity index (χ1n) is 7.34. The minimum absolute atomic E-state index is 0.135. The Balaban J connectivity index is 1.67. The van der Waals surface area contributed by atoms with E-state index in [1.807, 2.05) is 6.92 Å². The maximum Gasteiger partial charge on any atom is 0.246 e. The molecule has 1 amide bonds. The maximum absolute atomic E-state index is 11.9. The van der Waals surface area contributed by atoms with Gasteiger partial charge in [-0.1, -0.05) is 26.2 Å². The quantitative estimate of drug-likeness (QED) is 0.751. The highest BCUT2D eigenvalue weighted by molar-refractivity contribution is 5.93. The third-order valence-corrected chi connectivity index (χ3v) is 4.43. The SMILES string of the molecule is CC(C(=O)NCCC1CCCC(C)C1)=C1CNC1. The summed E-state index contributed by atoms with van der Waals surface area (Å²) < 4.78 is 0. The van der Waals surface area contributed by atoms with Crippen molar-refractivity contribution in [3.05, 3.63) is 11.1 Å². The van der Waals surface area contributed by atoms with E-state index in [0.29, 0.717) is 0 Å². The van der Waals surface area contributed by atoms with Crippen LogP contribution in [-0.2, 0) is 4.79 Å². The molecule has 0 spiro atoms. The van der Waals surface area contributed by atoms with Crippen LogP contribution < -0.4 is 10.6 Å². The summed E-state index contributed by atoms with van der Waals surface area (Å²) >= 11 is 0. The van der Waals surface area contributed by atoms with Gasteiger partial charge in [0.2, 0.25) is 5.91 Å². The fraction of sp³-hybridized carbons (Fsp3) is 0.800. The molecule has 3 nitrogen and oxygen atoms in total. The molecule has 2 N–H and O–H groups in total. The normalized spacial score (nSPS) is 27.6. The monoisotopic (exact) mass is 250 g/mol. The summed E-state index contributed by atoms with van der Waals surface area (Å²) in [6.45, 7) is 6.91. The van der Waals surface area contributed by atoms with Gasteiger partial charge in [-0.2, -0.15) is 0 Å². The van der Waals surface area contributed by atoms with Gasteiger partial charge in [0.1, 0.15) is 0 Å². The summed E-state index contributed by atoms with van der Waals surface area (Å²) in [4.78, 5) is 11.9. The number of rotatable bonds is 4. The molecule has 3 heteroatoms. The molecule has 0 aromatic carbocycles. The molecule has 0 aromatic heterocycles. The van der Waals surface area contributed by atoms with Gasteiger partial charge in [-0.15, -0.1) is 0 Å². The minimum atomic E-state index is 0.135. The van der Waals surface area contributed by atoms with E-state index in [4.69, 9.17) is 0 Å². The van der Waals surface area contributed by atoms with Crippen LogP contribution in [0.5, 0.6) is 0 Å². The van der Waals surface area contributed by atoms with Crippen LogP contribution >= 0.6 is 0 Å². The second kappa shape index (κ2) is 6.37. The predicted octanol–water partition coefficient (Wildman–Crippen LogP) is 2.24. The Kier molecular flexibility index (Phi) is 4.81. The van der Waals surface area contributed by atoms with E-state index in [1.165, 1.54) is 31.3 Å². The van der Waals surface area contributed by atoms with Crippen molar-refractivity contribution in [3.8, 4) is 0 Å². The van der Waals surface area contributed by atoms with Crippen LogP contribution in [0.1, 0.15) is 46.0 Å². The highest BCUT2D eigenvalue weighted by Gasteiger charge is 2.19. The maximum atomic E-state index is 11.9. The highest BCUT2D eigenvalue weighted by atomic mass is 16.1. The number of hydrogen-bond acceptors (Lipinski definition) is 2. The molecular weight excluding hydrogens is 224 g/mol. The van der Waals surface area contributed by atoms with Crippen LogP contribution in [0.3, 0.4) is 0 Å². The predicted molar refractivity (Wildman–Crippen MR) is 74.3 cm³/mol. The zero-order valence-corrected chi connectivity index (χ0v) is 11.7. The lowest BCUT2D eigenvalue weighted by Gasteiger charge is -2.27. The van der Waals surface area contributed by atoms with Gasteiger partial charge in [-0.3, -0.25) is 4.79 Å². The van der Waals surface area contributed by atoms with Crippen molar-refractivity contribution in [2.75, 3.05) is 19.6 Å². The molecule has 0 aromatic rings. The molecule has 1 saturated heterocycles. The zero-order chi connectivity index (χ0) is 13.0. The Morgan fingerprint density at radius 2 is 2.17 bits per heavy atom. The summed E-state index contributed by atoms with van der Waals surface area (Å²) in [5, 5.41) is 6.24. The average molecular weight is 250 g/mol. The third kappa shape index (κ3) is 3.58. The third-order valence-electron chi connectivity index (χ3n) is 4.43. The molecule has 0 radical (unpaired) electrons. The summed E-state index contributed by atoms with van der Waals surface area (Å²) in [5.74, 6) is 1.84. The molecular formula is C15H26N2O. The van der Waals surface area contributed by atoms with Crippen LogP contribution in [0.25, 0.3) is 0 Å². The molecule has 2 fully saturated rings. The van der Waals surface area contributed by atoms with E-state index < -0.39 is 0 Å². The lowest BCUT2D eigenvalue weighted by molar-refractivity contribution is -0.117.